The Kier molecular flexibility index (Phi) is 560. The maximum atomic E-state index is 0. The van der Waals surface area contributed by atoms with Crippen LogP contribution in [0.15, 0.2) is 0 Å². The molecular weight excluding hydrogens is 214 g/mol. The van der Waals surface area contributed by atoms with Crippen LogP contribution < -0.4 is 0 Å². The predicted octanol–water partition coefficient (Wildman–Crippen LogP) is 0.458. The second-order valence-electron chi connectivity index (χ2n) is 0. The average molecular weight is 217 g/mol. The van der Waals surface area contributed by atoms with E-state index in [-0.39, 0.29) is 54.1 Å². The van der Waals surface area contributed by atoms with E-state index in [1.165, 1.54) is 0 Å². The number of rotatable bonds is 0. The van der Waals surface area contributed by atoms with Crippen LogP contribution in [0.25, 0.3) is 0 Å². The van der Waals surface area contributed by atoms with Crippen LogP contribution in [0.2, 0.25) is 0 Å². The third-order valence-corrected chi connectivity index (χ3v) is 0. The van der Waals surface area contributed by atoms with Gasteiger partial charge in [0, 0.05) is 39.9 Å². The summed E-state index contributed by atoms with van der Waals surface area (Å²) in [4.78, 5) is 0. The molecule has 0 saturated carbocycles. The van der Waals surface area contributed by atoms with Crippen LogP contribution in [0.4, 0.5) is 14.1 Å². The number of hydrogen-bond donors (Lipinski definition) is 0. The van der Waals surface area contributed by atoms with Crippen LogP contribution in [0.5, 0.6) is 0 Å². The van der Waals surface area contributed by atoms with E-state index in [4.69, 9.17) is 0 Å². The molecule has 0 aromatic rings. The summed E-state index contributed by atoms with van der Waals surface area (Å²) in [7, 11) is 0. The maximum absolute atomic E-state index is 0. The quantitative estimate of drug-likeness (QED) is 0.553. The Hall–Kier alpha value is 1.11. The number of hydrogen-bond acceptors (Lipinski definition) is 0. The molecule has 0 nitrogen and oxygen atoms in total. The summed E-state index contributed by atoms with van der Waals surface area (Å²) in [6, 6.07) is 0. The van der Waals surface area contributed by atoms with Crippen molar-refractivity contribution in [2.24, 2.45) is 0 Å². The van der Waals surface area contributed by atoms with Crippen molar-refractivity contribution in [2.75, 3.05) is 0 Å². The van der Waals surface area contributed by atoms with Gasteiger partial charge in [-0.05, 0) is 0 Å². The molecule has 0 aliphatic carbocycles. The largest absolute Gasteiger partial charge is 0.269 e. The molecule has 0 aromatic heterocycles. The van der Waals surface area contributed by atoms with Gasteiger partial charge in [0.25, 0.3) is 0 Å². The second kappa shape index (κ2) is 32.1. The second-order valence-corrected chi connectivity index (χ2v) is 0. The zero-order valence-corrected chi connectivity index (χ0v) is 3.85. The Bertz CT molecular complexity index is 3.25. The zero-order chi connectivity index (χ0) is 0. The van der Waals surface area contributed by atoms with Crippen molar-refractivity contribution >= 4 is 0 Å². The monoisotopic (exact) mass is 218 g/mol. The summed E-state index contributed by atoms with van der Waals surface area (Å²) < 4.78 is 0. The summed E-state index contributed by atoms with van der Waals surface area (Å²) in [5, 5.41) is 0. The third kappa shape index (κ3) is 11.2. The van der Waals surface area contributed by atoms with E-state index in [9.17, 15) is 0 Å². The molecule has 0 bridgehead atoms. The fourth-order valence-electron chi connectivity index (χ4n) is 0. The average Bonchev–Trinajstić information content (AvgIpc) is 0. The Morgan fingerprint density at radius 1 is 0.500 bits per heavy atom. The Morgan fingerprint density at radius 3 is 0.500 bits per heavy atom. The van der Waals surface area contributed by atoms with Gasteiger partial charge in [-0.1, -0.05) is 0 Å². The molecule has 0 atom stereocenters. The van der Waals surface area contributed by atoms with E-state index in [1.807, 2.05) is 0 Å². The van der Waals surface area contributed by atoms with Gasteiger partial charge in [-0.3, -0.25) is 14.1 Å². The molecule has 0 spiro atoms. The van der Waals surface area contributed by atoms with Gasteiger partial charge in [-0.2, -0.15) is 0 Å². The molecule has 0 heterocycles. The first-order valence-electron chi connectivity index (χ1n) is 0. The Balaban J connectivity index is 0. The van der Waals surface area contributed by atoms with Crippen LogP contribution in [-0.2, 0) is 0 Å². The number of halogens is 3. The standard InChI is InChI=1S/3FH.Gd/h3*1H;. The van der Waals surface area contributed by atoms with E-state index >= 15 is 0 Å². The van der Waals surface area contributed by atoms with Crippen molar-refractivity contribution in [3.05, 3.63) is 0 Å². The minimum Gasteiger partial charge on any atom is -0.269 e. The predicted molar refractivity (Wildman–Crippen MR) is 7.51 cm³/mol. The molecule has 0 aromatic carbocycles. The normalized spacial score (nSPS) is 0. The van der Waals surface area contributed by atoms with E-state index < -0.39 is 0 Å². The summed E-state index contributed by atoms with van der Waals surface area (Å²) in [6.07, 6.45) is 0. The van der Waals surface area contributed by atoms with E-state index in [1.54, 1.807) is 0 Å². The zero-order valence-electron chi connectivity index (χ0n) is 1.58. The van der Waals surface area contributed by atoms with Gasteiger partial charge in [0.15, 0.2) is 0 Å². The first kappa shape index (κ1) is 69.7. The fraction of sp³-hybridized carbons (Fsp3) is 0. The van der Waals surface area contributed by atoms with Gasteiger partial charge in [0.05, 0.1) is 0 Å². The van der Waals surface area contributed by atoms with Crippen LogP contribution in [0.3, 0.4) is 0 Å². The molecule has 4 heavy (non-hydrogen) atoms. The molecule has 4 heteroatoms. The molecule has 0 aliphatic rings. The van der Waals surface area contributed by atoms with Crippen LogP contribution >= 0.6 is 0 Å². The fourth-order valence-corrected chi connectivity index (χ4v) is 0. The molecule has 0 unspecified atom stereocenters. The summed E-state index contributed by atoms with van der Waals surface area (Å²) in [5.41, 5.74) is 0. The van der Waals surface area contributed by atoms with E-state index in [0.29, 0.717) is 0 Å². The summed E-state index contributed by atoms with van der Waals surface area (Å²) >= 11 is 0. The molecule has 0 amide bonds. The third-order valence-electron chi connectivity index (χ3n) is 0. The molecule has 0 radical (unpaired) electrons. The Morgan fingerprint density at radius 2 is 0.500 bits per heavy atom. The van der Waals surface area contributed by atoms with Gasteiger partial charge in [0.2, 0.25) is 0 Å². The maximum Gasteiger partial charge on any atom is 0 e. The summed E-state index contributed by atoms with van der Waals surface area (Å²) in [6.45, 7) is 0. The SMILES string of the molecule is F.F.F.[Gd]. The molecule has 0 N–H and O–H groups in total. The van der Waals surface area contributed by atoms with Crippen molar-refractivity contribution in [2.45, 2.75) is 0 Å². The van der Waals surface area contributed by atoms with Crippen molar-refractivity contribution in [1.82, 2.24) is 0 Å². The van der Waals surface area contributed by atoms with Crippen molar-refractivity contribution < 1.29 is 54.1 Å². The summed E-state index contributed by atoms with van der Waals surface area (Å²) in [5.74, 6) is 0. The van der Waals surface area contributed by atoms with Crippen LogP contribution in [0, 0.1) is 39.9 Å². The molecular formula is H3F3Gd. The van der Waals surface area contributed by atoms with Crippen molar-refractivity contribution in [3.8, 4) is 0 Å². The Labute approximate surface area is 53.7 Å². The van der Waals surface area contributed by atoms with Gasteiger partial charge in [0.1, 0.15) is 0 Å². The molecule has 0 saturated heterocycles. The van der Waals surface area contributed by atoms with Crippen molar-refractivity contribution in [3.63, 3.8) is 0 Å². The van der Waals surface area contributed by atoms with Gasteiger partial charge in [-0.15, -0.1) is 0 Å². The smallest absolute Gasteiger partial charge is 0 e. The molecule has 0 rings (SSSR count). The minimum atomic E-state index is 0. The van der Waals surface area contributed by atoms with Crippen molar-refractivity contribution in [1.29, 1.82) is 0 Å². The van der Waals surface area contributed by atoms with Crippen LogP contribution in [0.1, 0.15) is 0 Å². The minimum absolute atomic E-state index is 0. The first-order chi connectivity index (χ1) is 0. The first-order valence-corrected chi connectivity index (χ1v) is 0. The van der Waals surface area contributed by atoms with Gasteiger partial charge < -0.3 is 0 Å². The topological polar surface area (TPSA) is 0 Å². The van der Waals surface area contributed by atoms with E-state index in [0.717, 1.165) is 0 Å². The van der Waals surface area contributed by atoms with Gasteiger partial charge >= 0.3 is 0 Å². The van der Waals surface area contributed by atoms with E-state index in [2.05, 4.69) is 0 Å². The molecule has 0 fully saturated rings. The molecule has 32 valence electrons. The van der Waals surface area contributed by atoms with Gasteiger partial charge in [-0.25, -0.2) is 0 Å². The molecule has 0 aliphatic heterocycles. The van der Waals surface area contributed by atoms with Crippen LogP contribution in [-0.4, -0.2) is 0 Å².